The summed E-state index contributed by atoms with van der Waals surface area (Å²) in [7, 11) is 0. The molecular formula is C13H22N2O3S. The number of carboxylic acid groups (broad SMARTS) is 1. The molecule has 1 saturated heterocycles. The summed E-state index contributed by atoms with van der Waals surface area (Å²) in [5.74, 6) is -0.446. The summed E-state index contributed by atoms with van der Waals surface area (Å²) in [5.41, 5.74) is 0.273. The topological polar surface area (TPSA) is 69.6 Å². The first kappa shape index (κ1) is 14.5. The molecule has 1 saturated carbocycles. The number of hydrogen-bond donors (Lipinski definition) is 2. The van der Waals surface area contributed by atoms with Gasteiger partial charge in [-0.2, -0.15) is 0 Å². The van der Waals surface area contributed by atoms with Gasteiger partial charge in [0.15, 0.2) is 0 Å². The van der Waals surface area contributed by atoms with Crippen molar-refractivity contribution in [3.8, 4) is 0 Å². The molecule has 5 nitrogen and oxygen atoms in total. The number of carbonyl (C=O) groups excluding carboxylic acids is 1. The Bertz CT molecular complexity index is 386. The second kappa shape index (κ2) is 5.23. The summed E-state index contributed by atoms with van der Waals surface area (Å²) in [6, 6.07) is -0.753. The van der Waals surface area contributed by atoms with Crippen LogP contribution in [-0.2, 0) is 4.79 Å². The molecule has 6 heteroatoms. The molecule has 2 rings (SSSR count). The van der Waals surface area contributed by atoms with Gasteiger partial charge in [-0.05, 0) is 31.6 Å². The van der Waals surface area contributed by atoms with Crippen LogP contribution in [0.1, 0.15) is 40.0 Å². The van der Waals surface area contributed by atoms with Crippen LogP contribution in [0.5, 0.6) is 0 Å². The molecule has 108 valence electrons. The fraction of sp³-hybridized carbons (Fsp3) is 0.846. The highest BCUT2D eigenvalue weighted by molar-refractivity contribution is 8.00. The van der Waals surface area contributed by atoms with Gasteiger partial charge < -0.3 is 10.4 Å². The number of carbonyl (C=O) groups is 2. The van der Waals surface area contributed by atoms with Crippen molar-refractivity contribution in [1.29, 1.82) is 0 Å². The smallest absolute Gasteiger partial charge is 0.327 e. The monoisotopic (exact) mass is 286 g/mol. The first-order valence-corrected chi connectivity index (χ1v) is 7.78. The zero-order chi connectivity index (χ0) is 14.2. The van der Waals surface area contributed by atoms with Gasteiger partial charge in [-0.15, -0.1) is 11.8 Å². The van der Waals surface area contributed by atoms with Gasteiger partial charge in [0.25, 0.3) is 0 Å². The van der Waals surface area contributed by atoms with E-state index in [0.29, 0.717) is 5.75 Å². The summed E-state index contributed by atoms with van der Waals surface area (Å²) in [6.07, 6.45) is 3.04. The van der Waals surface area contributed by atoms with Crippen molar-refractivity contribution in [2.45, 2.75) is 57.5 Å². The molecule has 1 aliphatic carbocycles. The van der Waals surface area contributed by atoms with Gasteiger partial charge in [0.05, 0.1) is 5.37 Å². The Morgan fingerprint density at radius 2 is 2.11 bits per heavy atom. The zero-order valence-electron chi connectivity index (χ0n) is 11.7. The molecule has 3 unspecified atom stereocenters. The molecule has 0 spiro atoms. The van der Waals surface area contributed by atoms with E-state index in [-0.39, 0.29) is 22.9 Å². The molecule has 2 amide bonds. The third kappa shape index (κ3) is 3.16. The van der Waals surface area contributed by atoms with E-state index in [2.05, 4.69) is 19.2 Å². The van der Waals surface area contributed by atoms with E-state index in [9.17, 15) is 9.59 Å². The Hall–Kier alpha value is -0.910. The molecular weight excluding hydrogens is 264 g/mol. The third-order valence-electron chi connectivity index (χ3n) is 4.04. The minimum atomic E-state index is -0.918. The number of nitrogens with one attached hydrogen (secondary N) is 1. The average Bonchev–Trinajstić information content (AvgIpc) is 2.81. The minimum Gasteiger partial charge on any atom is -0.480 e. The highest BCUT2D eigenvalue weighted by Crippen LogP contribution is 2.37. The van der Waals surface area contributed by atoms with E-state index < -0.39 is 12.0 Å². The fourth-order valence-electron chi connectivity index (χ4n) is 2.95. The second-order valence-corrected chi connectivity index (χ2v) is 7.60. The molecule has 0 aromatic carbocycles. The molecule has 2 N–H and O–H groups in total. The number of amides is 2. The molecule has 0 bridgehead atoms. The van der Waals surface area contributed by atoms with E-state index in [1.165, 1.54) is 16.7 Å². The van der Waals surface area contributed by atoms with Crippen LogP contribution in [0, 0.1) is 5.41 Å². The predicted octanol–water partition coefficient (Wildman–Crippen LogP) is 2.12. The Morgan fingerprint density at radius 3 is 2.63 bits per heavy atom. The summed E-state index contributed by atoms with van der Waals surface area (Å²) in [6.45, 7) is 6.28. The van der Waals surface area contributed by atoms with E-state index >= 15 is 0 Å². The Labute approximate surface area is 118 Å². The van der Waals surface area contributed by atoms with Gasteiger partial charge in [-0.3, -0.25) is 4.90 Å². The molecule has 2 fully saturated rings. The maximum Gasteiger partial charge on any atom is 0.327 e. The van der Waals surface area contributed by atoms with Crippen molar-refractivity contribution >= 4 is 23.8 Å². The normalized spacial score (nSPS) is 33.4. The SMILES string of the molecule is CC1SCC(C(=O)O)N1C(=O)NC1CCC(C)(C)C1. The Morgan fingerprint density at radius 1 is 1.42 bits per heavy atom. The summed E-state index contributed by atoms with van der Waals surface area (Å²) < 4.78 is 0. The molecule has 1 aliphatic heterocycles. The van der Waals surface area contributed by atoms with Gasteiger partial charge >= 0.3 is 12.0 Å². The lowest BCUT2D eigenvalue weighted by molar-refractivity contribution is -0.141. The number of nitrogens with zero attached hydrogens (tertiary/aromatic N) is 1. The van der Waals surface area contributed by atoms with Crippen molar-refractivity contribution < 1.29 is 14.7 Å². The van der Waals surface area contributed by atoms with Crippen LogP contribution < -0.4 is 5.32 Å². The number of urea groups is 1. The van der Waals surface area contributed by atoms with E-state index in [0.717, 1.165) is 19.3 Å². The van der Waals surface area contributed by atoms with E-state index in [1.54, 1.807) is 0 Å². The number of hydrogen-bond acceptors (Lipinski definition) is 3. The van der Waals surface area contributed by atoms with Crippen LogP contribution >= 0.6 is 11.8 Å². The summed E-state index contributed by atoms with van der Waals surface area (Å²) in [5, 5.41) is 12.1. The maximum absolute atomic E-state index is 12.3. The Balaban J connectivity index is 1.97. The second-order valence-electron chi connectivity index (χ2n) is 6.25. The summed E-state index contributed by atoms with van der Waals surface area (Å²) >= 11 is 1.51. The lowest BCUT2D eigenvalue weighted by Crippen LogP contribution is -2.51. The quantitative estimate of drug-likeness (QED) is 0.816. The van der Waals surface area contributed by atoms with Crippen LogP contribution in [0.2, 0.25) is 0 Å². The lowest BCUT2D eigenvalue weighted by atomic mass is 9.92. The fourth-order valence-corrected chi connectivity index (χ4v) is 4.12. The predicted molar refractivity (Wildman–Crippen MR) is 75.1 cm³/mol. The highest BCUT2D eigenvalue weighted by Gasteiger charge is 2.41. The van der Waals surface area contributed by atoms with Crippen LogP contribution in [0.3, 0.4) is 0 Å². The lowest BCUT2D eigenvalue weighted by Gasteiger charge is -2.27. The molecule has 19 heavy (non-hydrogen) atoms. The first-order valence-electron chi connectivity index (χ1n) is 6.73. The molecule has 3 atom stereocenters. The first-order chi connectivity index (χ1) is 8.80. The van der Waals surface area contributed by atoms with Gasteiger partial charge in [0.2, 0.25) is 0 Å². The van der Waals surface area contributed by atoms with Crippen molar-refractivity contribution in [1.82, 2.24) is 10.2 Å². The molecule has 1 heterocycles. The largest absolute Gasteiger partial charge is 0.480 e. The van der Waals surface area contributed by atoms with Crippen molar-refractivity contribution in [2.24, 2.45) is 5.41 Å². The van der Waals surface area contributed by atoms with Crippen LogP contribution in [0.4, 0.5) is 4.79 Å². The summed E-state index contributed by atoms with van der Waals surface area (Å²) in [4.78, 5) is 24.9. The third-order valence-corrected chi connectivity index (χ3v) is 5.26. The van der Waals surface area contributed by atoms with Crippen LogP contribution in [0.15, 0.2) is 0 Å². The Kier molecular flexibility index (Phi) is 3.99. The van der Waals surface area contributed by atoms with Gasteiger partial charge in [0, 0.05) is 11.8 Å². The maximum atomic E-state index is 12.3. The minimum absolute atomic E-state index is 0.0736. The standard InChI is InChI=1S/C13H22N2O3S/c1-8-15(10(7-19-8)11(16)17)12(18)14-9-4-5-13(2,3)6-9/h8-10H,4-7H2,1-3H3,(H,14,18)(H,16,17). The van der Waals surface area contributed by atoms with E-state index in [1.807, 2.05) is 6.92 Å². The van der Waals surface area contributed by atoms with Gasteiger partial charge in [0.1, 0.15) is 6.04 Å². The van der Waals surface area contributed by atoms with Gasteiger partial charge in [-0.1, -0.05) is 13.8 Å². The van der Waals surface area contributed by atoms with Crippen LogP contribution in [0.25, 0.3) is 0 Å². The molecule has 2 aliphatic rings. The average molecular weight is 286 g/mol. The number of rotatable bonds is 2. The highest BCUT2D eigenvalue weighted by atomic mass is 32.2. The molecule has 0 aromatic rings. The number of thioether (sulfide) groups is 1. The van der Waals surface area contributed by atoms with Crippen molar-refractivity contribution in [3.05, 3.63) is 0 Å². The number of carboxylic acids is 1. The zero-order valence-corrected chi connectivity index (χ0v) is 12.5. The van der Waals surface area contributed by atoms with Crippen molar-refractivity contribution in [2.75, 3.05) is 5.75 Å². The number of aliphatic carboxylic acids is 1. The van der Waals surface area contributed by atoms with E-state index in [4.69, 9.17) is 5.11 Å². The van der Waals surface area contributed by atoms with Gasteiger partial charge in [-0.25, -0.2) is 9.59 Å². The molecule has 0 aromatic heterocycles. The van der Waals surface area contributed by atoms with Crippen LogP contribution in [-0.4, -0.2) is 45.2 Å². The van der Waals surface area contributed by atoms with Crippen molar-refractivity contribution in [3.63, 3.8) is 0 Å². The molecule has 0 radical (unpaired) electrons.